The van der Waals surface area contributed by atoms with Crippen molar-refractivity contribution in [2.75, 3.05) is 0 Å². The minimum Gasteiger partial charge on any atom is -0.432 e. The second-order valence-electron chi connectivity index (χ2n) is 8.99. The number of aromatic nitrogens is 4. The van der Waals surface area contributed by atoms with E-state index in [0.29, 0.717) is 23.6 Å². The lowest BCUT2D eigenvalue weighted by molar-refractivity contribution is -0.0521. The summed E-state index contributed by atoms with van der Waals surface area (Å²) in [5.74, 6) is -0.936. The number of hydrogen-bond acceptors (Lipinski definition) is 5. The van der Waals surface area contributed by atoms with Gasteiger partial charge in [0.2, 0.25) is 0 Å². The number of nitrogens with one attached hydrogen (secondary N) is 1. The molecule has 10 heteroatoms. The summed E-state index contributed by atoms with van der Waals surface area (Å²) in [6.45, 7) is 0.588. The van der Waals surface area contributed by atoms with Crippen molar-refractivity contribution < 1.29 is 22.7 Å². The fraction of sp³-hybridized carbons (Fsp3) is 0.280. The van der Waals surface area contributed by atoms with Crippen LogP contribution in [0.25, 0.3) is 22.2 Å². The predicted molar refractivity (Wildman–Crippen MR) is 121 cm³/mol. The Morgan fingerprint density at radius 2 is 1.91 bits per heavy atom. The van der Waals surface area contributed by atoms with Gasteiger partial charge in [-0.05, 0) is 30.2 Å². The minimum atomic E-state index is -3.26. The number of alkyl halides is 2. The Bertz CT molecular complexity index is 1480. The molecule has 1 amide bonds. The van der Waals surface area contributed by atoms with Crippen LogP contribution in [0.2, 0.25) is 0 Å². The van der Waals surface area contributed by atoms with E-state index >= 15 is 4.39 Å². The molecule has 0 radical (unpaired) electrons. The third kappa shape index (κ3) is 3.27. The number of carbonyl (C=O) groups excluding carboxylic acids is 1. The van der Waals surface area contributed by atoms with Gasteiger partial charge < -0.3 is 14.6 Å². The van der Waals surface area contributed by atoms with E-state index in [4.69, 9.17) is 4.98 Å². The molecule has 0 saturated carbocycles. The highest BCUT2D eigenvalue weighted by Crippen LogP contribution is 2.49. The maximum Gasteiger partial charge on any atom is 0.387 e. The SMILES string of the molecule is CC(C)c1ncc(-c2c(F)c(OC(F)F)cc3c2[C@H]2C[C@@H](NC3=O)c3nc4ccccc4n32)cn1. The summed E-state index contributed by atoms with van der Waals surface area (Å²) in [7, 11) is 0. The van der Waals surface area contributed by atoms with Gasteiger partial charge in [-0.3, -0.25) is 4.79 Å². The van der Waals surface area contributed by atoms with Gasteiger partial charge in [-0.25, -0.2) is 19.3 Å². The first kappa shape index (κ1) is 21.6. The summed E-state index contributed by atoms with van der Waals surface area (Å²) in [6, 6.07) is 7.71. The van der Waals surface area contributed by atoms with Crippen LogP contribution in [0.3, 0.4) is 0 Å². The average molecular weight is 479 g/mol. The Hall–Kier alpha value is -3.95. The van der Waals surface area contributed by atoms with Crippen molar-refractivity contribution in [2.24, 2.45) is 0 Å². The summed E-state index contributed by atoms with van der Waals surface area (Å²) in [5, 5.41) is 2.93. The standard InChI is InChI=1S/C25H20F3N5O2/c1-11(2)22-29-9-12(10-30-22)19-20-13(7-18(21(19)26)35-25(27)28)24(34)32-15-8-17(20)33-16-6-4-3-5-14(16)31-23(15)33/h3-7,9-11,15,17,25H,8H2,1-2H3,(H,32,34)/t15-,17-/m1/s1. The van der Waals surface area contributed by atoms with E-state index in [2.05, 4.69) is 20.0 Å². The normalized spacial score (nSPS) is 18.5. The average Bonchev–Trinajstić information content (AvgIpc) is 3.33. The molecule has 0 unspecified atom stereocenters. The first-order valence-corrected chi connectivity index (χ1v) is 11.2. The van der Waals surface area contributed by atoms with Gasteiger partial charge in [0, 0.05) is 35.0 Å². The predicted octanol–water partition coefficient (Wildman–Crippen LogP) is 5.13. The van der Waals surface area contributed by atoms with Crippen LogP contribution in [0.4, 0.5) is 13.2 Å². The zero-order valence-corrected chi connectivity index (χ0v) is 18.8. The van der Waals surface area contributed by atoms with E-state index in [1.807, 2.05) is 42.7 Å². The van der Waals surface area contributed by atoms with Gasteiger partial charge >= 0.3 is 6.61 Å². The summed E-state index contributed by atoms with van der Waals surface area (Å²) in [4.78, 5) is 26.6. The number of halogens is 3. The van der Waals surface area contributed by atoms with Crippen molar-refractivity contribution >= 4 is 16.9 Å². The number of para-hydroxylation sites is 2. The number of carbonyl (C=O) groups is 1. The lowest BCUT2D eigenvalue weighted by atomic mass is 9.89. The Balaban J connectivity index is 1.65. The fourth-order valence-electron chi connectivity index (χ4n) is 5.09. The largest absolute Gasteiger partial charge is 0.432 e. The van der Waals surface area contributed by atoms with Gasteiger partial charge in [0.15, 0.2) is 11.6 Å². The number of hydrogen-bond donors (Lipinski definition) is 1. The molecule has 0 spiro atoms. The van der Waals surface area contributed by atoms with E-state index in [9.17, 15) is 13.6 Å². The number of fused-ring (bicyclic) bond motifs is 9. The van der Waals surface area contributed by atoms with Gasteiger partial charge in [-0.2, -0.15) is 8.78 Å². The maximum atomic E-state index is 15.9. The van der Waals surface area contributed by atoms with Crippen molar-refractivity contribution in [2.45, 2.75) is 44.9 Å². The molecule has 0 fully saturated rings. The lowest BCUT2D eigenvalue weighted by Crippen LogP contribution is -2.28. The highest BCUT2D eigenvalue weighted by Gasteiger charge is 2.43. The molecule has 2 aliphatic rings. The Kier molecular flexibility index (Phi) is 4.80. The van der Waals surface area contributed by atoms with Crippen molar-refractivity contribution in [3.63, 3.8) is 0 Å². The summed E-state index contributed by atoms with van der Waals surface area (Å²) < 4.78 is 48.6. The number of nitrogens with zero attached hydrogens (tertiary/aromatic N) is 4. The summed E-state index contributed by atoms with van der Waals surface area (Å²) in [5.41, 5.74) is 2.27. The van der Waals surface area contributed by atoms with Crippen LogP contribution in [0.5, 0.6) is 5.75 Å². The summed E-state index contributed by atoms with van der Waals surface area (Å²) in [6.07, 6.45) is 3.35. The quantitative estimate of drug-likeness (QED) is 0.439. The van der Waals surface area contributed by atoms with Crippen LogP contribution in [0, 0.1) is 5.82 Å². The van der Waals surface area contributed by atoms with Gasteiger partial charge in [0.1, 0.15) is 11.6 Å². The molecule has 178 valence electrons. The molecule has 4 aromatic rings. The molecule has 35 heavy (non-hydrogen) atoms. The van der Waals surface area contributed by atoms with Gasteiger partial charge in [0.25, 0.3) is 5.91 Å². The number of ether oxygens (including phenoxy) is 1. The highest BCUT2D eigenvalue weighted by molar-refractivity contribution is 6.00. The molecule has 2 aromatic heterocycles. The number of rotatable bonds is 4. The lowest BCUT2D eigenvalue weighted by Gasteiger charge is -2.23. The van der Waals surface area contributed by atoms with Gasteiger partial charge in [-0.15, -0.1) is 0 Å². The molecule has 2 bridgehead atoms. The molecular formula is C25H20F3N5O2. The maximum absolute atomic E-state index is 15.9. The molecule has 6 rings (SSSR count). The number of benzene rings is 2. The molecule has 1 N–H and O–H groups in total. The molecule has 2 aromatic carbocycles. The molecule has 7 nitrogen and oxygen atoms in total. The van der Waals surface area contributed by atoms with E-state index in [-0.39, 0.29) is 22.6 Å². The zero-order chi connectivity index (χ0) is 24.4. The van der Waals surface area contributed by atoms with Crippen LogP contribution < -0.4 is 10.1 Å². The molecule has 4 heterocycles. The highest BCUT2D eigenvalue weighted by atomic mass is 19.3. The summed E-state index contributed by atoms with van der Waals surface area (Å²) >= 11 is 0. The Morgan fingerprint density at radius 3 is 2.63 bits per heavy atom. The van der Waals surface area contributed by atoms with Crippen molar-refractivity contribution in [3.8, 4) is 16.9 Å². The number of imidazole rings is 1. The van der Waals surface area contributed by atoms with Crippen molar-refractivity contribution in [3.05, 3.63) is 71.3 Å². The van der Waals surface area contributed by atoms with E-state index in [1.165, 1.54) is 12.4 Å². The third-order valence-corrected chi connectivity index (χ3v) is 6.55. The molecule has 2 aliphatic heterocycles. The van der Waals surface area contributed by atoms with Crippen molar-refractivity contribution in [1.29, 1.82) is 0 Å². The first-order valence-electron chi connectivity index (χ1n) is 11.2. The minimum absolute atomic E-state index is 0.0279. The van der Waals surface area contributed by atoms with Crippen LogP contribution in [-0.2, 0) is 0 Å². The third-order valence-electron chi connectivity index (χ3n) is 6.55. The molecular weight excluding hydrogens is 459 g/mol. The smallest absolute Gasteiger partial charge is 0.387 e. The second kappa shape index (κ2) is 7.79. The van der Waals surface area contributed by atoms with E-state index in [0.717, 1.165) is 17.1 Å². The van der Waals surface area contributed by atoms with E-state index in [1.54, 1.807) is 0 Å². The van der Waals surface area contributed by atoms with Crippen LogP contribution in [-0.4, -0.2) is 32.0 Å². The van der Waals surface area contributed by atoms with Crippen LogP contribution in [0.1, 0.15) is 65.8 Å². The second-order valence-corrected chi connectivity index (χ2v) is 8.99. The van der Waals surface area contributed by atoms with Crippen LogP contribution in [0.15, 0.2) is 42.7 Å². The topological polar surface area (TPSA) is 81.9 Å². The fourth-order valence-corrected chi connectivity index (χ4v) is 5.09. The van der Waals surface area contributed by atoms with Gasteiger partial charge in [0.05, 0.1) is 23.1 Å². The monoisotopic (exact) mass is 479 g/mol. The Morgan fingerprint density at radius 1 is 1.17 bits per heavy atom. The van der Waals surface area contributed by atoms with E-state index < -0.39 is 36.2 Å². The molecule has 2 atom stereocenters. The zero-order valence-electron chi connectivity index (χ0n) is 18.8. The number of amides is 1. The van der Waals surface area contributed by atoms with Crippen molar-refractivity contribution in [1.82, 2.24) is 24.8 Å². The first-order chi connectivity index (χ1) is 16.8. The molecule has 0 saturated heterocycles. The Labute approximate surface area is 198 Å². The molecule has 0 aliphatic carbocycles. The van der Waals surface area contributed by atoms with Gasteiger partial charge in [-0.1, -0.05) is 26.0 Å². The van der Waals surface area contributed by atoms with Crippen LogP contribution >= 0.6 is 0 Å².